The summed E-state index contributed by atoms with van der Waals surface area (Å²) in [6, 6.07) is 11.7. The zero-order chi connectivity index (χ0) is 17.7. The molecule has 0 aliphatic rings. The van der Waals surface area contributed by atoms with Gasteiger partial charge in [-0.2, -0.15) is 5.06 Å². The van der Waals surface area contributed by atoms with Crippen molar-refractivity contribution in [3.05, 3.63) is 58.7 Å². The minimum atomic E-state index is -0.426. The van der Waals surface area contributed by atoms with Gasteiger partial charge in [0.1, 0.15) is 12.4 Å². The van der Waals surface area contributed by atoms with Crippen LogP contribution in [0.1, 0.15) is 29.2 Å². The molecule has 0 fully saturated rings. The van der Waals surface area contributed by atoms with Crippen LogP contribution in [0.25, 0.3) is 0 Å². The average molecular weight is 345 g/mol. The fourth-order valence-electron chi connectivity index (χ4n) is 2.43. The number of anilines is 1. The molecular formula is C19H23NO3S. The third-order valence-electron chi connectivity index (χ3n) is 3.85. The van der Waals surface area contributed by atoms with Crippen LogP contribution in [0.4, 0.5) is 10.5 Å². The SMILES string of the molecule is CCc1ccc(OCc2ccc(C)cc2N(O)C(=O)SC)c(C)c1. The fraction of sp³-hybridized carbons (Fsp3) is 0.316. The smallest absolute Gasteiger partial charge is 0.309 e. The first-order chi connectivity index (χ1) is 11.5. The Balaban J connectivity index is 2.22. The summed E-state index contributed by atoms with van der Waals surface area (Å²) in [5.74, 6) is 0.805. The van der Waals surface area contributed by atoms with Crippen molar-refractivity contribution >= 4 is 22.7 Å². The van der Waals surface area contributed by atoms with E-state index in [1.165, 1.54) is 5.56 Å². The van der Waals surface area contributed by atoms with Gasteiger partial charge in [-0.15, -0.1) is 0 Å². The fourth-order valence-corrected chi connectivity index (χ4v) is 2.70. The maximum absolute atomic E-state index is 11.8. The van der Waals surface area contributed by atoms with Crippen molar-refractivity contribution < 1.29 is 14.7 Å². The van der Waals surface area contributed by atoms with Gasteiger partial charge in [0.15, 0.2) is 0 Å². The maximum atomic E-state index is 11.8. The number of hydrogen-bond acceptors (Lipinski definition) is 4. The number of carbonyl (C=O) groups is 1. The van der Waals surface area contributed by atoms with E-state index in [2.05, 4.69) is 13.0 Å². The number of hydrogen-bond donors (Lipinski definition) is 1. The van der Waals surface area contributed by atoms with E-state index in [0.29, 0.717) is 10.8 Å². The van der Waals surface area contributed by atoms with E-state index in [1.54, 1.807) is 12.3 Å². The van der Waals surface area contributed by atoms with E-state index in [9.17, 15) is 10.0 Å². The van der Waals surface area contributed by atoms with Crippen LogP contribution < -0.4 is 9.80 Å². The highest BCUT2D eigenvalue weighted by atomic mass is 32.2. The third-order valence-corrected chi connectivity index (χ3v) is 4.37. The predicted molar refractivity (Wildman–Crippen MR) is 99.2 cm³/mol. The van der Waals surface area contributed by atoms with Crippen molar-refractivity contribution in [2.24, 2.45) is 0 Å². The second-order valence-electron chi connectivity index (χ2n) is 5.66. The molecule has 0 saturated carbocycles. The molecule has 0 spiro atoms. The third kappa shape index (κ3) is 4.30. The number of benzene rings is 2. The van der Waals surface area contributed by atoms with Gasteiger partial charge >= 0.3 is 5.24 Å². The summed E-state index contributed by atoms with van der Waals surface area (Å²) in [6.45, 7) is 6.33. The highest BCUT2D eigenvalue weighted by Gasteiger charge is 2.16. The van der Waals surface area contributed by atoms with E-state index >= 15 is 0 Å². The topological polar surface area (TPSA) is 49.8 Å². The predicted octanol–water partition coefficient (Wildman–Crippen LogP) is 5.12. The first-order valence-corrected chi connectivity index (χ1v) is 9.07. The Morgan fingerprint density at radius 3 is 2.58 bits per heavy atom. The Morgan fingerprint density at radius 2 is 1.96 bits per heavy atom. The lowest BCUT2D eigenvalue weighted by Gasteiger charge is -2.19. The number of amides is 1. The summed E-state index contributed by atoms with van der Waals surface area (Å²) in [4.78, 5) is 11.8. The van der Waals surface area contributed by atoms with Gasteiger partial charge in [-0.3, -0.25) is 10.0 Å². The van der Waals surface area contributed by atoms with Gasteiger partial charge in [0.05, 0.1) is 5.69 Å². The molecule has 2 rings (SSSR count). The maximum Gasteiger partial charge on any atom is 0.309 e. The minimum absolute atomic E-state index is 0.278. The van der Waals surface area contributed by atoms with Crippen molar-refractivity contribution in [3.8, 4) is 5.75 Å². The lowest BCUT2D eigenvalue weighted by atomic mass is 10.1. The molecule has 24 heavy (non-hydrogen) atoms. The molecule has 1 N–H and O–H groups in total. The molecule has 4 nitrogen and oxygen atoms in total. The Morgan fingerprint density at radius 1 is 1.21 bits per heavy atom. The Kier molecular flexibility index (Phi) is 6.29. The number of aryl methyl sites for hydroxylation is 3. The molecule has 0 saturated heterocycles. The standard InChI is InChI=1S/C19H23NO3S/c1-5-15-7-9-18(14(3)11-15)23-12-16-8-6-13(2)10-17(16)20(22)19(21)24-4/h6-11,22H,5,12H2,1-4H3. The van der Waals surface area contributed by atoms with Gasteiger partial charge in [0.25, 0.3) is 0 Å². The van der Waals surface area contributed by atoms with Crippen LogP contribution >= 0.6 is 11.8 Å². The number of rotatable bonds is 5. The molecule has 128 valence electrons. The molecular weight excluding hydrogens is 322 g/mol. The normalized spacial score (nSPS) is 10.5. The molecule has 2 aromatic rings. The zero-order valence-corrected chi connectivity index (χ0v) is 15.3. The second kappa shape index (κ2) is 8.22. The number of thioether (sulfide) groups is 1. The van der Waals surface area contributed by atoms with Crippen LogP contribution in [0, 0.1) is 13.8 Å². The van der Waals surface area contributed by atoms with Gasteiger partial charge in [0.2, 0.25) is 0 Å². The van der Waals surface area contributed by atoms with Crippen LogP contribution in [0.15, 0.2) is 36.4 Å². The van der Waals surface area contributed by atoms with E-state index in [0.717, 1.165) is 40.6 Å². The van der Waals surface area contributed by atoms with E-state index in [-0.39, 0.29) is 6.61 Å². The first kappa shape index (κ1) is 18.4. The molecule has 0 atom stereocenters. The molecule has 0 bridgehead atoms. The minimum Gasteiger partial charge on any atom is -0.489 e. The number of carbonyl (C=O) groups excluding carboxylic acids is 1. The van der Waals surface area contributed by atoms with Crippen molar-refractivity contribution in [3.63, 3.8) is 0 Å². The molecule has 0 aliphatic heterocycles. The zero-order valence-electron chi connectivity index (χ0n) is 14.5. The highest BCUT2D eigenvalue weighted by molar-refractivity contribution is 8.13. The summed E-state index contributed by atoms with van der Waals surface area (Å²) in [5, 5.41) is 10.4. The molecule has 0 aliphatic carbocycles. The monoisotopic (exact) mass is 345 g/mol. The van der Waals surface area contributed by atoms with Gasteiger partial charge in [-0.05, 0) is 55.3 Å². The number of ether oxygens (including phenoxy) is 1. The van der Waals surface area contributed by atoms with E-state index in [4.69, 9.17) is 4.74 Å². The second-order valence-corrected chi connectivity index (χ2v) is 6.41. The molecule has 0 heterocycles. The van der Waals surface area contributed by atoms with Gasteiger partial charge in [0, 0.05) is 5.56 Å². The summed E-state index contributed by atoms with van der Waals surface area (Å²) in [5.41, 5.74) is 4.51. The molecule has 0 radical (unpaired) electrons. The molecule has 1 amide bonds. The van der Waals surface area contributed by atoms with Crippen LogP contribution in [-0.4, -0.2) is 16.7 Å². The molecule has 0 unspecified atom stereocenters. The van der Waals surface area contributed by atoms with Gasteiger partial charge in [-0.1, -0.05) is 43.0 Å². The highest BCUT2D eigenvalue weighted by Crippen LogP contribution is 2.26. The Bertz CT molecular complexity index is 731. The quantitative estimate of drug-likeness (QED) is 0.603. The van der Waals surface area contributed by atoms with E-state index in [1.807, 2.05) is 38.1 Å². The van der Waals surface area contributed by atoms with Crippen molar-refractivity contribution in [1.82, 2.24) is 0 Å². The summed E-state index contributed by atoms with van der Waals surface area (Å²) >= 11 is 0.959. The Hall–Kier alpha value is -1.98. The molecule has 0 aromatic heterocycles. The average Bonchev–Trinajstić information content (AvgIpc) is 2.59. The summed E-state index contributed by atoms with van der Waals surface area (Å²) < 4.78 is 5.91. The largest absolute Gasteiger partial charge is 0.489 e. The van der Waals surface area contributed by atoms with Crippen molar-refractivity contribution in [2.75, 3.05) is 11.3 Å². The van der Waals surface area contributed by atoms with Gasteiger partial charge in [-0.25, -0.2) is 0 Å². The van der Waals surface area contributed by atoms with Crippen LogP contribution in [0.2, 0.25) is 0 Å². The lowest BCUT2D eigenvalue weighted by molar-refractivity contribution is 0.223. The number of hydroxylamine groups is 1. The Labute approximate surface area is 147 Å². The molecule has 5 heteroatoms. The van der Waals surface area contributed by atoms with Crippen LogP contribution in [0.5, 0.6) is 5.75 Å². The van der Waals surface area contributed by atoms with Crippen molar-refractivity contribution in [2.45, 2.75) is 33.8 Å². The summed E-state index contributed by atoms with van der Waals surface area (Å²) in [6.07, 6.45) is 2.62. The lowest BCUT2D eigenvalue weighted by Crippen LogP contribution is -2.24. The molecule has 2 aromatic carbocycles. The summed E-state index contributed by atoms with van der Waals surface area (Å²) in [7, 11) is 0. The van der Waals surface area contributed by atoms with Gasteiger partial charge < -0.3 is 4.74 Å². The van der Waals surface area contributed by atoms with Crippen LogP contribution in [-0.2, 0) is 13.0 Å². The number of nitrogens with zero attached hydrogens (tertiary/aromatic N) is 1. The van der Waals surface area contributed by atoms with E-state index < -0.39 is 5.24 Å². The van der Waals surface area contributed by atoms with Crippen molar-refractivity contribution in [1.29, 1.82) is 0 Å². The first-order valence-electron chi connectivity index (χ1n) is 7.85. The van der Waals surface area contributed by atoms with Crippen LogP contribution in [0.3, 0.4) is 0 Å².